The summed E-state index contributed by atoms with van der Waals surface area (Å²) in [5.41, 5.74) is 4.55. The number of aryl methyl sites for hydroxylation is 2. The lowest BCUT2D eigenvalue weighted by Gasteiger charge is -2.15. The van der Waals surface area contributed by atoms with Crippen LogP contribution in [0.25, 0.3) is 6.08 Å². The summed E-state index contributed by atoms with van der Waals surface area (Å²) in [6.07, 6.45) is 1.53. The van der Waals surface area contributed by atoms with Gasteiger partial charge in [-0.05, 0) is 78.2 Å². The van der Waals surface area contributed by atoms with Crippen molar-refractivity contribution in [1.82, 2.24) is 0 Å². The summed E-state index contributed by atoms with van der Waals surface area (Å²) >= 11 is 3.55. The number of carbonyl (C=O) groups is 1. The number of carbonyl (C=O) groups excluding carboxylic acids is 1. The highest BCUT2D eigenvalue weighted by atomic mass is 79.9. The fraction of sp³-hybridized carbons (Fsp3) is 0.185. The molecule has 5 nitrogen and oxygen atoms in total. The van der Waals surface area contributed by atoms with E-state index in [0.717, 1.165) is 16.7 Å². The van der Waals surface area contributed by atoms with E-state index in [2.05, 4.69) is 27.3 Å². The minimum Gasteiger partial charge on any atom is -0.490 e. The van der Waals surface area contributed by atoms with E-state index >= 15 is 0 Å². The Hall–Kier alpha value is -3.56. The maximum Gasteiger partial charge on any atom is 0.266 e. The summed E-state index contributed by atoms with van der Waals surface area (Å²) in [6, 6.07) is 21.0. The normalized spacial score (nSPS) is 10.9. The van der Waals surface area contributed by atoms with Crippen LogP contribution in [0.3, 0.4) is 0 Å². The number of anilines is 1. The molecule has 3 aromatic carbocycles. The zero-order valence-corrected chi connectivity index (χ0v) is 20.4. The molecule has 0 spiro atoms. The van der Waals surface area contributed by atoms with Gasteiger partial charge in [-0.25, -0.2) is 0 Å². The zero-order valence-electron chi connectivity index (χ0n) is 18.8. The van der Waals surface area contributed by atoms with E-state index in [0.29, 0.717) is 40.4 Å². The first-order valence-electron chi connectivity index (χ1n) is 10.5. The molecular weight excluding hydrogens is 480 g/mol. The molecule has 168 valence electrons. The van der Waals surface area contributed by atoms with Crippen molar-refractivity contribution in [2.75, 3.05) is 11.9 Å². The van der Waals surface area contributed by atoms with Gasteiger partial charge in [0.1, 0.15) is 18.2 Å². The maximum atomic E-state index is 12.6. The summed E-state index contributed by atoms with van der Waals surface area (Å²) < 4.78 is 12.5. The fourth-order valence-electron chi connectivity index (χ4n) is 3.18. The number of hydrogen-bond donors (Lipinski definition) is 1. The van der Waals surface area contributed by atoms with Gasteiger partial charge in [-0.2, -0.15) is 5.26 Å². The predicted molar refractivity (Wildman–Crippen MR) is 134 cm³/mol. The van der Waals surface area contributed by atoms with Gasteiger partial charge in [0.2, 0.25) is 0 Å². The number of halogens is 1. The summed E-state index contributed by atoms with van der Waals surface area (Å²) in [7, 11) is 0. The molecule has 0 bridgehead atoms. The lowest BCUT2D eigenvalue weighted by atomic mass is 10.1. The van der Waals surface area contributed by atoms with Gasteiger partial charge in [-0.15, -0.1) is 0 Å². The quantitative estimate of drug-likeness (QED) is 0.277. The van der Waals surface area contributed by atoms with E-state index in [4.69, 9.17) is 9.47 Å². The van der Waals surface area contributed by atoms with Crippen molar-refractivity contribution < 1.29 is 14.3 Å². The monoisotopic (exact) mass is 504 g/mol. The Morgan fingerprint density at radius 1 is 1.06 bits per heavy atom. The van der Waals surface area contributed by atoms with E-state index in [9.17, 15) is 10.1 Å². The average molecular weight is 505 g/mol. The SMILES string of the molecule is CCOc1cc(/C=C(\C#N)C(=O)Nc2ccc(C)cc2)cc(Br)c1OCc1cccc(C)c1. The Kier molecular flexibility index (Phi) is 8.28. The lowest BCUT2D eigenvalue weighted by molar-refractivity contribution is -0.112. The van der Waals surface area contributed by atoms with Crippen molar-refractivity contribution >= 4 is 33.6 Å². The Bertz CT molecular complexity index is 1210. The summed E-state index contributed by atoms with van der Waals surface area (Å²) in [5.74, 6) is 0.621. The molecule has 6 heteroatoms. The third kappa shape index (κ3) is 6.71. The third-order valence-corrected chi connectivity index (χ3v) is 5.37. The Morgan fingerprint density at radius 2 is 1.82 bits per heavy atom. The second-order valence-corrected chi connectivity index (χ2v) is 8.39. The molecule has 0 aliphatic carbocycles. The van der Waals surface area contributed by atoms with Gasteiger partial charge in [0.05, 0.1) is 11.1 Å². The highest BCUT2D eigenvalue weighted by Crippen LogP contribution is 2.38. The zero-order chi connectivity index (χ0) is 23.8. The minimum atomic E-state index is -0.477. The van der Waals surface area contributed by atoms with Gasteiger partial charge in [0, 0.05) is 5.69 Å². The maximum absolute atomic E-state index is 12.6. The minimum absolute atomic E-state index is 0.0154. The summed E-state index contributed by atoms with van der Waals surface area (Å²) in [5, 5.41) is 12.3. The highest BCUT2D eigenvalue weighted by Gasteiger charge is 2.15. The van der Waals surface area contributed by atoms with Crippen molar-refractivity contribution in [1.29, 1.82) is 5.26 Å². The topological polar surface area (TPSA) is 71.3 Å². The van der Waals surface area contributed by atoms with E-state index in [1.54, 1.807) is 24.3 Å². The predicted octanol–water partition coefficient (Wildman–Crippen LogP) is 6.59. The van der Waals surface area contributed by atoms with Crippen molar-refractivity contribution in [3.8, 4) is 17.6 Å². The number of hydrogen-bond acceptors (Lipinski definition) is 4. The van der Waals surface area contributed by atoms with Crippen LogP contribution >= 0.6 is 15.9 Å². The summed E-state index contributed by atoms with van der Waals surface area (Å²) in [4.78, 5) is 12.6. The van der Waals surface area contributed by atoms with Crippen LogP contribution in [0.2, 0.25) is 0 Å². The molecule has 0 atom stereocenters. The first-order valence-corrected chi connectivity index (χ1v) is 11.3. The Morgan fingerprint density at radius 3 is 2.48 bits per heavy atom. The van der Waals surface area contributed by atoms with Crippen molar-refractivity contribution in [3.63, 3.8) is 0 Å². The number of nitrogens with one attached hydrogen (secondary N) is 1. The van der Waals surface area contributed by atoms with Crippen LogP contribution in [-0.4, -0.2) is 12.5 Å². The van der Waals surface area contributed by atoms with Gasteiger partial charge >= 0.3 is 0 Å². The molecule has 0 unspecified atom stereocenters. The highest BCUT2D eigenvalue weighted by molar-refractivity contribution is 9.10. The van der Waals surface area contributed by atoms with Crippen molar-refractivity contribution in [3.05, 3.63) is 93.0 Å². The van der Waals surface area contributed by atoms with Gasteiger partial charge in [0.15, 0.2) is 11.5 Å². The molecule has 0 aliphatic heterocycles. The largest absolute Gasteiger partial charge is 0.490 e. The van der Waals surface area contributed by atoms with Crippen LogP contribution in [0.5, 0.6) is 11.5 Å². The molecule has 1 amide bonds. The Labute approximate surface area is 202 Å². The molecule has 0 aliphatic rings. The van der Waals surface area contributed by atoms with Gasteiger partial charge in [-0.1, -0.05) is 47.5 Å². The number of nitrogens with zero attached hydrogens (tertiary/aromatic N) is 1. The molecule has 1 N–H and O–H groups in total. The van der Waals surface area contributed by atoms with Gasteiger partial charge < -0.3 is 14.8 Å². The number of ether oxygens (including phenoxy) is 2. The molecule has 0 saturated carbocycles. The second kappa shape index (κ2) is 11.3. The van der Waals surface area contributed by atoms with Crippen LogP contribution in [0.1, 0.15) is 29.2 Å². The molecule has 0 radical (unpaired) electrons. The molecule has 0 aromatic heterocycles. The van der Waals surface area contributed by atoms with Crippen LogP contribution in [0.15, 0.2) is 70.7 Å². The smallest absolute Gasteiger partial charge is 0.266 e. The Balaban J connectivity index is 1.84. The fourth-order valence-corrected chi connectivity index (χ4v) is 3.76. The molecule has 0 heterocycles. The first kappa shape index (κ1) is 24.1. The second-order valence-electron chi connectivity index (χ2n) is 7.53. The third-order valence-electron chi connectivity index (χ3n) is 4.78. The number of rotatable bonds is 8. The molecule has 0 saturated heterocycles. The van der Waals surface area contributed by atoms with Crippen LogP contribution in [-0.2, 0) is 11.4 Å². The number of benzene rings is 3. The van der Waals surface area contributed by atoms with Crippen molar-refractivity contribution in [2.45, 2.75) is 27.4 Å². The molecular formula is C27H25BrN2O3. The molecule has 0 fully saturated rings. The molecule has 3 rings (SSSR count). The molecule has 33 heavy (non-hydrogen) atoms. The van der Waals surface area contributed by atoms with Crippen LogP contribution in [0, 0.1) is 25.2 Å². The van der Waals surface area contributed by atoms with E-state index < -0.39 is 5.91 Å². The lowest BCUT2D eigenvalue weighted by Crippen LogP contribution is -2.13. The average Bonchev–Trinajstić information content (AvgIpc) is 2.78. The number of amides is 1. The van der Waals surface area contributed by atoms with Gasteiger partial charge in [-0.3, -0.25) is 4.79 Å². The van der Waals surface area contributed by atoms with Crippen molar-refractivity contribution in [2.24, 2.45) is 0 Å². The van der Waals surface area contributed by atoms with Gasteiger partial charge in [0.25, 0.3) is 5.91 Å². The molecule has 3 aromatic rings. The van der Waals surface area contributed by atoms with Crippen LogP contribution in [0.4, 0.5) is 5.69 Å². The van der Waals surface area contributed by atoms with Crippen LogP contribution < -0.4 is 14.8 Å². The van der Waals surface area contributed by atoms with E-state index in [1.807, 2.05) is 57.2 Å². The first-order chi connectivity index (χ1) is 15.9. The number of nitriles is 1. The van der Waals surface area contributed by atoms with E-state index in [1.165, 1.54) is 6.08 Å². The van der Waals surface area contributed by atoms with E-state index in [-0.39, 0.29) is 5.57 Å². The summed E-state index contributed by atoms with van der Waals surface area (Å²) in [6.45, 7) is 6.72. The standard InChI is InChI=1S/C27H25BrN2O3/c1-4-32-25-15-21(13-22(16-29)27(31)30-23-10-8-18(2)9-11-23)14-24(28)26(25)33-17-20-7-5-6-19(3)12-20/h5-15H,4,17H2,1-3H3,(H,30,31)/b22-13+.